The predicted octanol–water partition coefficient (Wildman–Crippen LogP) is 2.85. The standard InChI is InChI=1S/C14H22N2OS/c1-13(2)7-10(8-14(3,4)18(13)17)12-6-5-11(15)9-16-12/h5-6,9-10H,7-8,15H2,1-4H3. The van der Waals surface area contributed by atoms with Crippen LogP contribution in [0.1, 0.15) is 52.1 Å². The highest BCUT2D eigenvalue weighted by Gasteiger charge is 2.45. The van der Waals surface area contributed by atoms with Gasteiger partial charge >= 0.3 is 0 Å². The number of anilines is 1. The van der Waals surface area contributed by atoms with E-state index in [0.717, 1.165) is 18.5 Å². The summed E-state index contributed by atoms with van der Waals surface area (Å²) in [7, 11) is -0.812. The van der Waals surface area contributed by atoms with E-state index in [2.05, 4.69) is 32.7 Å². The van der Waals surface area contributed by atoms with Gasteiger partial charge in [0.2, 0.25) is 0 Å². The summed E-state index contributed by atoms with van der Waals surface area (Å²) in [5, 5.41) is 0. The lowest BCUT2D eigenvalue weighted by Crippen LogP contribution is -2.47. The lowest BCUT2D eigenvalue weighted by molar-refractivity contribution is 0.401. The minimum Gasteiger partial charge on any atom is -0.397 e. The molecule has 1 aromatic heterocycles. The molecule has 0 atom stereocenters. The number of pyridine rings is 1. The topological polar surface area (TPSA) is 56.0 Å². The molecule has 0 amide bonds. The van der Waals surface area contributed by atoms with Crippen molar-refractivity contribution in [1.29, 1.82) is 0 Å². The van der Waals surface area contributed by atoms with Crippen molar-refractivity contribution in [1.82, 2.24) is 4.98 Å². The Morgan fingerprint density at radius 2 is 1.78 bits per heavy atom. The lowest BCUT2D eigenvalue weighted by atomic mass is 9.85. The zero-order valence-electron chi connectivity index (χ0n) is 11.6. The molecule has 1 aliphatic heterocycles. The molecule has 1 aliphatic rings. The molecule has 0 radical (unpaired) electrons. The Morgan fingerprint density at radius 3 is 2.22 bits per heavy atom. The Bertz CT molecular complexity index is 445. The largest absolute Gasteiger partial charge is 0.397 e. The SMILES string of the molecule is CC1(C)CC(c2ccc(N)cn2)CC(C)(C)S1=O. The van der Waals surface area contributed by atoms with Gasteiger partial charge in [0, 0.05) is 31.9 Å². The summed E-state index contributed by atoms with van der Waals surface area (Å²) in [6.07, 6.45) is 3.54. The number of nitrogen functional groups attached to an aromatic ring is 1. The van der Waals surface area contributed by atoms with Gasteiger partial charge in [0.15, 0.2) is 0 Å². The highest BCUT2D eigenvalue weighted by molar-refractivity contribution is 7.87. The summed E-state index contributed by atoms with van der Waals surface area (Å²) < 4.78 is 12.2. The van der Waals surface area contributed by atoms with E-state index in [9.17, 15) is 4.21 Å². The van der Waals surface area contributed by atoms with Crippen molar-refractivity contribution in [2.75, 3.05) is 5.73 Å². The van der Waals surface area contributed by atoms with Crippen LogP contribution in [0.4, 0.5) is 5.69 Å². The van der Waals surface area contributed by atoms with Crippen LogP contribution >= 0.6 is 0 Å². The van der Waals surface area contributed by atoms with E-state index in [-0.39, 0.29) is 9.49 Å². The Hall–Kier alpha value is -0.900. The average molecular weight is 266 g/mol. The quantitative estimate of drug-likeness (QED) is 0.850. The molecule has 1 fully saturated rings. The number of hydrogen-bond acceptors (Lipinski definition) is 3. The molecule has 2 N–H and O–H groups in total. The van der Waals surface area contributed by atoms with E-state index in [0.29, 0.717) is 11.6 Å². The van der Waals surface area contributed by atoms with Gasteiger partial charge in [-0.05, 0) is 52.7 Å². The van der Waals surface area contributed by atoms with E-state index < -0.39 is 10.8 Å². The van der Waals surface area contributed by atoms with Crippen LogP contribution in [0.5, 0.6) is 0 Å². The molecule has 18 heavy (non-hydrogen) atoms. The van der Waals surface area contributed by atoms with E-state index in [1.54, 1.807) is 6.20 Å². The van der Waals surface area contributed by atoms with Crippen LogP contribution in [-0.4, -0.2) is 18.7 Å². The zero-order valence-corrected chi connectivity index (χ0v) is 12.4. The van der Waals surface area contributed by atoms with Crippen molar-refractivity contribution < 1.29 is 4.21 Å². The van der Waals surface area contributed by atoms with Crippen LogP contribution in [-0.2, 0) is 10.8 Å². The second-order valence-electron chi connectivity index (χ2n) is 6.41. The molecule has 2 rings (SSSR count). The van der Waals surface area contributed by atoms with Crippen LogP contribution in [0.25, 0.3) is 0 Å². The molecule has 0 saturated carbocycles. The molecule has 3 nitrogen and oxygen atoms in total. The maximum absolute atomic E-state index is 12.5. The number of nitrogens with zero attached hydrogens (tertiary/aromatic N) is 1. The third-order valence-electron chi connectivity index (χ3n) is 3.71. The third kappa shape index (κ3) is 2.44. The molecule has 0 spiro atoms. The van der Waals surface area contributed by atoms with Gasteiger partial charge in [0.05, 0.1) is 11.9 Å². The van der Waals surface area contributed by atoms with Crippen molar-refractivity contribution >= 4 is 16.5 Å². The minimum atomic E-state index is -0.812. The first kappa shape index (κ1) is 13.5. The summed E-state index contributed by atoms with van der Waals surface area (Å²) in [6, 6.07) is 3.90. The fourth-order valence-electron chi connectivity index (χ4n) is 3.03. The van der Waals surface area contributed by atoms with Gasteiger partial charge in [-0.3, -0.25) is 9.19 Å². The molecular weight excluding hydrogens is 244 g/mol. The number of rotatable bonds is 1. The summed E-state index contributed by atoms with van der Waals surface area (Å²) in [5.41, 5.74) is 7.44. The molecule has 2 heterocycles. The maximum Gasteiger partial charge on any atom is 0.0501 e. The predicted molar refractivity (Wildman–Crippen MR) is 76.9 cm³/mol. The first-order valence-corrected chi connectivity index (χ1v) is 7.51. The van der Waals surface area contributed by atoms with Crippen molar-refractivity contribution in [3.8, 4) is 0 Å². The summed E-state index contributed by atoms with van der Waals surface area (Å²) >= 11 is 0. The summed E-state index contributed by atoms with van der Waals surface area (Å²) in [6.45, 7) is 8.37. The fraction of sp³-hybridized carbons (Fsp3) is 0.643. The molecule has 0 bridgehead atoms. The van der Waals surface area contributed by atoms with Gasteiger partial charge in [0.1, 0.15) is 0 Å². The van der Waals surface area contributed by atoms with Crippen molar-refractivity contribution in [3.63, 3.8) is 0 Å². The van der Waals surface area contributed by atoms with Crippen molar-refractivity contribution in [2.24, 2.45) is 0 Å². The van der Waals surface area contributed by atoms with Crippen LogP contribution in [0.15, 0.2) is 18.3 Å². The van der Waals surface area contributed by atoms with Gasteiger partial charge in [-0.25, -0.2) is 0 Å². The van der Waals surface area contributed by atoms with E-state index in [4.69, 9.17) is 5.73 Å². The lowest BCUT2D eigenvalue weighted by Gasteiger charge is -2.43. The Kier molecular flexibility index (Phi) is 3.26. The normalized spacial score (nSPS) is 30.0. The average Bonchev–Trinajstić information content (AvgIpc) is 2.26. The van der Waals surface area contributed by atoms with Crippen LogP contribution in [0.3, 0.4) is 0 Å². The van der Waals surface area contributed by atoms with E-state index >= 15 is 0 Å². The number of aromatic nitrogens is 1. The minimum absolute atomic E-state index is 0.157. The number of hydrogen-bond donors (Lipinski definition) is 1. The highest BCUT2D eigenvalue weighted by Crippen LogP contribution is 2.45. The monoisotopic (exact) mass is 266 g/mol. The van der Waals surface area contributed by atoms with Gasteiger partial charge < -0.3 is 5.73 Å². The first-order chi connectivity index (χ1) is 8.22. The summed E-state index contributed by atoms with van der Waals surface area (Å²) in [5.74, 6) is 0.369. The molecular formula is C14H22N2OS. The smallest absolute Gasteiger partial charge is 0.0501 e. The van der Waals surface area contributed by atoms with E-state index in [1.165, 1.54) is 0 Å². The number of nitrogens with two attached hydrogens (primary N) is 1. The second-order valence-corrected chi connectivity index (χ2v) is 9.16. The molecule has 100 valence electrons. The zero-order chi connectivity index (χ0) is 13.6. The van der Waals surface area contributed by atoms with Crippen molar-refractivity contribution in [2.45, 2.75) is 55.9 Å². The van der Waals surface area contributed by atoms with Gasteiger partial charge in [0.25, 0.3) is 0 Å². The van der Waals surface area contributed by atoms with Crippen LogP contribution < -0.4 is 5.73 Å². The second kappa shape index (κ2) is 4.34. The van der Waals surface area contributed by atoms with Crippen LogP contribution in [0, 0.1) is 0 Å². The van der Waals surface area contributed by atoms with Crippen molar-refractivity contribution in [3.05, 3.63) is 24.0 Å². The molecule has 0 unspecified atom stereocenters. The molecule has 1 aromatic rings. The summed E-state index contributed by atoms with van der Waals surface area (Å²) in [4.78, 5) is 4.43. The van der Waals surface area contributed by atoms with Crippen LogP contribution in [0.2, 0.25) is 0 Å². The van der Waals surface area contributed by atoms with Gasteiger partial charge in [-0.2, -0.15) is 0 Å². The van der Waals surface area contributed by atoms with E-state index in [1.807, 2.05) is 12.1 Å². The maximum atomic E-state index is 12.5. The molecule has 0 aliphatic carbocycles. The first-order valence-electron chi connectivity index (χ1n) is 6.36. The van der Waals surface area contributed by atoms with Gasteiger partial charge in [-0.1, -0.05) is 0 Å². The molecule has 0 aromatic carbocycles. The third-order valence-corrected chi connectivity index (χ3v) is 6.05. The molecule has 1 saturated heterocycles. The fourth-order valence-corrected chi connectivity index (χ4v) is 5.23. The highest BCUT2D eigenvalue weighted by atomic mass is 32.2. The van der Waals surface area contributed by atoms with Gasteiger partial charge in [-0.15, -0.1) is 0 Å². The Morgan fingerprint density at radius 1 is 1.22 bits per heavy atom. The Labute approximate surface area is 112 Å². The Balaban J connectivity index is 2.31. The molecule has 4 heteroatoms.